The van der Waals surface area contributed by atoms with Gasteiger partial charge in [-0.05, 0) is 70.6 Å². The number of phosphoric ester groups is 1. The minimum atomic E-state index is -4.36. The average molecular weight is 878 g/mol. The number of allylic oxidation sites excluding steroid dienone is 9. The third kappa shape index (κ3) is 46.0. The second-order valence-corrected chi connectivity index (χ2v) is 19.6. The molecule has 0 aliphatic rings. The van der Waals surface area contributed by atoms with E-state index in [1.807, 2.05) is 27.2 Å². The monoisotopic (exact) mass is 878 g/mol. The summed E-state index contributed by atoms with van der Waals surface area (Å²) in [5.41, 5.74) is 0. The zero-order valence-corrected chi connectivity index (χ0v) is 41.3. The van der Waals surface area contributed by atoms with Gasteiger partial charge < -0.3 is 19.8 Å². The third-order valence-corrected chi connectivity index (χ3v) is 11.9. The molecule has 3 unspecified atom stereocenters. The first-order chi connectivity index (χ1) is 29.5. The molecule has 0 heterocycles. The number of nitrogens with zero attached hydrogens (tertiary/aromatic N) is 1. The zero-order valence-electron chi connectivity index (χ0n) is 40.4. The largest absolute Gasteiger partial charge is 0.472 e. The van der Waals surface area contributed by atoms with Gasteiger partial charge in [0.05, 0.1) is 39.9 Å². The third-order valence-electron chi connectivity index (χ3n) is 11.0. The molecular formula is C52H98N2O6P+. The number of hydrogen-bond donors (Lipinski definition) is 3. The number of hydrogen-bond acceptors (Lipinski definition) is 5. The minimum absolute atomic E-state index is 0.0511. The Labute approximate surface area is 377 Å². The Hall–Kier alpha value is -1.80. The van der Waals surface area contributed by atoms with E-state index in [0.29, 0.717) is 17.4 Å². The van der Waals surface area contributed by atoms with Crippen LogP contribution in [0, 0.1) is 0 Å². The Morgan fingerprint density at radius 2 is 0.951 bits per heavy atom. The fourth-order valence-corrected chi connectivity index (χ4v) is 7.68. The average Bonchev–Trinajstić information content (AvgIpc) is 3.21. The van der Waals surface area contributed by atoms with E-state index in [1.54, 1.807) is 6.08 Å². The van der Waals surface area contributed by atoms with Gasteiger partial charge in [-0.2, -0.15) is 0 Å². The highest BCUT2D eigenvalue weighted by Gasteiger charge is 2.27. The molecule has 9 heteroatoms. The van der Waals surface area contributed by atoms with Crippen LogP contribution in [0.15, 0.2) is 60.8 Å². The molecule has 0 aromatic rings. The van der Waals surface area contributed by atoms with E-state index >= 15 is 0 Å². The molecule has 0 radical (unpaired) electrons. The summed E-state index contributed by atoms with van der Waals surface area (Å²) >= 11 is 0. The standard InChI is InChI=1S/C52H97N2O6P/c1-6-8-10-12-14-16-18-20-22-24-26-27-28-30-32-34-36-38-40-42-44-46-52(56)53-50(49-60-61(57,58)59-48-47-54(3,4)5)51(55)45-43-41-39-37-35-33-31-29-25-23-21-19-17-15-13-11-9-7-2/h18,20,24,26,28,30,35,37,43,45,50-51,55H,6-17,19,21-23,25,27,29,31-34,36,38-42,44,46-49H2,1-5H3,(H-,53,56,57,58)/p+1/b20-18-,26-24-,30-28-,37-35+,45-43+. The maximum atomic E-state index is 12.9. The van der Waals surface area contributed by atoms with E-state index < -0.39 is 20.0 Å². The lowest BCUT2D eigenvalue weighted by molar-refractivity contribution is -0.870. The van der Waals surface area contributed by atoms with Gasteiger partial charge in [-0.1, -0.05) is 197 Å². The Morgan fingerprint density at radius 3 is 1.43 bits per heavy atom. The van der Waals surface area contributed by atoms with Gasteiger partial charge in [0.2, 0.25) is 5.91 Å². The van der Waals surface area contributed by atoms with Crippen LogP contribution < -0.4 is 5.32 Å². The van der Waals surface area contributed by atoms with E-state index in [-0.39, 0.29) is 19.1 Å². The van der Waals surface area contributed by atoms with Gasteiger partial charge >= 0.3 is 7.82 Å². The summed E-state index contributed by atoms with van der Waals surface area (Å²) in [4.78, 5) is 23.2. The van der Waals surface area contributed by atoms with Crippen molar-refractivity contribution in [3.63, 3.8) is 0 Å². The summed E-state index contributed by atoms with van der Waals surface area (Å²) in [6, 6.07) is -0.872. The van der Waals surface area contributed by atoms with Crippen LogP contribution >= 0.6 is 7.82 Å². The van der Waals surface area contributed by atoms with Crippen LogP contribution in [-0.2, 0) is 18.4 Å². The number of aliphatic hydroxyl groups excluding tert-OH is 1. The molecule has 8 nitrogen and oxygen atoms in total. The maximum Gasteiger partial charge on any atom is 0.472 e. The molecule has 0 aliphatic carbocycles. The van der Waals surface area contributed by atoms with Gasteiger partial charge in [-0.25, -0.2) is 4.57 Å². The van der Waals surface area contributed by atoms with Crippen LogP contribution in [0.25, 0.3) is 0 Å². The highest BCUT2D eigenvalue weighted by Crippen LogP contribution is 2.43. The van der Waals surface area contributed by atoms with E-state index in [2.05, 4.69) is 67.8 Å². The first kappa shape index (κ1) is 59.2. The van der Waals surface area contributed by atoms with Gasteiger partial charge in [-0.15, -0.1) is 0 Å². The van der Waals surface area contributed by atoms with E-state index in [0.717, 1.165) is 64.2 Å². The maximum absolute atomic E-state index is 12.9. The fourth-order valence-electron chi connectivity index (χ4n) is 6.95. The summed E-state index contributed by atoms with van der Waals surface area (Å²) in [6.07, 6.45) is 57.3. The lowest BCUT2D eigenvalue weighted by atomic mass is 10.0. The molecule has 0 rings (SSSR count). The highest BCUT2D eigenvalue weighted by molar-refractivity contribution is 7.47. The van der Waals surface area contributed by atoms with Gasteiger partial charge in [0.1, 0.15) is 13.2 Å². The SMILES string of the molecule is CCCCCCC/C=C\C/C=C\C/C=C\CCCCCCCCC(=O)NC(COP(=O)(O)OCC[N+](C)(C)C)C(O)/C=C/CC/C=C/CCCCCCCCCCCCCC. The highest BCUT2D eigenvalue weighted by atomic mass is 31.2. The predicted octanol–water partition coefficient (Wildman–Crippen LogP) is 14.6. The second kappa shape index (κ2) is 43.5. The van der Waals surface area contributed by atoms with Gasteiger partial charge in [0.25, 0.3) is 0 Å². The van der Waals surface area contributed by atoms with Crippen LogP contribution in [0.3, 0.4) is 0 Å². The number of nitrogens with one attached hydrogen (secondary N) is 1. The smallest absolute Gasteiger partial charge is 0.387 e. The fraction of sp³-hybridized carbons (Fsp3) is 0.788. The summed E-state index contributed by atoms with van der Waals surface area (Å²) in [5.74, 6) is -0.200. The van der Waals surface area contributed by atoms with E-state index in [1.165, 1.54) is 128 Å². The van der Waals surface area contributed by atoms with Gasteiger partial charge in [-0.3, -0.25) is 13.8 Å². The number of rotatable bonds is 45. The van der Waals surface area contributed by atoms with Crippen molar-refractivity contribution in [2.75, 3.05) is 40.9 Å². The van der Waals surface area contributed by atoms with Crippen molar-refractivity contribution in [2.45, 2.75) is 225 Å². The Bertz CT molecular complexity index is 1180. The number of carbonyl (C=O) groups excluding carboxylic acids is 1. The summed E-state index contributed by atoms with van der Waals surface area (Å²) in [6.45, 7) is 4.77. The molecule has 0 aromatic carbocycles. The molecule has 3 atom stereocenters. The Kier molecular flexibility index (Phi) is 42.2. The number of likely N-dealkylation sites (N-methyl/N-ethyl adjacent to an activating group) is 1. The van der Waals surface area contributed by atoms with Crippen molar-refractivity contribution in [1.29, 1.82) is 0 Å². The van der Waals surface area contributed by atoms with Crippen molar-refractivity contribution in [2.24, 2.45) is 0 Å². The predicted molar refractivity (Wildman–Crippen MR) is 263 cm³/mol. The number of carbonyl (C=O) groups is 1. The summed E-state index contributed by atoms with van der Waals surface area (Å²) in [7, 11) is 1.54. The number of phosphoric acid groups is 1. The molecule has 356 valence electrons. The topological polar surface area (TPSA) is 105 Å². The molecule has 61 heavy (non-hydrogen) atoms. The van der Waals surface area contributed by atoms with Gasteiger partial charge in [0, 0.05) is 6.42 Å². The molecule has 0 aliphatic heterocycles. The quantitative estimate of drug-likeness (QED) is 0.0244. The number of amides is 1. The van der Waals surface area contributed by atoms with Crippen molar-refractivity contribution >= 4 is 13.7 Å². The van der Waals surface area contributed by atoms with Gasteiger partial charge in [0.15, 0.2) is 0 Å². The first-order valence-corrected chi connectivity index (χ1v) is 26.7. The zero-order chi connectivity index (χ0) is 45.0. The number of aliphatic hydroxyl groups is 1. The van der Waals surface area contributed by atoms with Crippen molar-refractivity contribution in [3.8, 4) is 0 Å². The molecule has 0 bridgehead atoms. The minimum Gasteiger partial charge on any atom is -0.387 e. The Balaban J connectivity index is 4.42. The van der Waals surface area contributed by atoms with Crippen LogP contribution in [0.4, 0.5) is 0 Å². The second-order valence-electron chi connectivity index (χ2n) is 18.2. The van der Waals surface area contributed by atoms with Crippen molar-refractivity contribution < 1.29 is 32.9 Å². The number of unbranched alkanes of at least 4 members (excludes halogenated alkanes) is 24. The molecule has 0 saturated carbocycles. The molecule has 1 amide bonds. The lowest BCUT2D eigenvalue weighted by Gasteiger charge is -2.25. The summed E-state index contributed by atoms with van der Waals surface area (Å²) < 4.78 is 23.6. The lowest BCUT2D eigenvalue weighted by Crippen LogP contribution is -2.45. The molecular weight excluding hydrogens is 780 g/mol. The van der Waals surface area contributed by atoms with E-state index in [4.69, 9.17) is 9.05 Å². The molecule has 0 spiro atoms. The van der Waals surface area contributed by atoms with Crippen LogP contribution in [0.1, 0.15) is 213 Å². The molecule has 3 N–H and O–H groups in total. The summed E-state index contributed by atoms with van der Waals surface area (Å²) in [5, 5.41) is 13.8. The number of quaternary nitrogens is 1. The van der Waals surface area contributed by atoms with Crippen LogP contribution in [0.5, 0.6) is 0 Å². The van der Waals surface area contributed by atoms with E-state index in [9.17, 15) is 19.4 Å². The first-order valence-electron chi connectivity index (χ1n) is 25.2. The van der Waals surface area contributed by atoms with Crippen molar-refractivity contribution in [1.82, 2.24) is 5.32 Å². The molecule has 0 saturated heterocycles. The normalized spacial score (nSPS) is 14.7. The van der Waals surface area contributed by atoms with Crippen molar-refractivity contribution in [3.05, 3.63) is 60.8 Å². The Morgan fingerprint density at radius 1 is 0.557 bits per heavy atom. The van der Waals surface area contributed by atoms with Crippen LogP contribution in [0.2, 0.25) is 0 Å². The van der Waals surface area contributed by atoms with Crippen LogP contribution in [-0.4, -0.2) is 73.4 Å². The molecule has 0 fully saturated rings. The molecule has 0 aromatic heterocycles.